The Labute approximate surface area is 148 Å². The number of benzene rings is 1. The molecule has 0 bridgehead atoms. The van der Waals surface area contributed by atoms with Crippen LogP contribution in [-0.2, 0) is 16.6 Å². The molecular weight excluding hydrogens is 318 g/mol. The highest BCUT2D eigenvalue weighted by molar-refractivity contribution is 5.77. The topological polar surface area (TPSA) is 55.7 Å². The van der Waals surface area contributed by atoms with Crippen LogP contribution in [0.1, 0.15) is 11.7 Å². The molecule has 1 aromatic carbocycles. The molecule has 2 aromatic rings. The minimum Gasteiger partial charge on any atom is -0.484 e. The molecule has 0 radical (unpaired) electrons. The van der Waals surface area contributed by atoms with E-state index >= 15 is 0 Å². The summed E-state index contributed by atoms with van der Waals surface area (Å²) in [5.74, 6) is 0.584. The molecular formula is C19H25N3O3. The SMILES string of the molecule is Cn1cccc1C(CNC(=O)COc1ccccc1)N1CCOCC1. The third-order valence-corrected chi connectivity index (χ3v) is 4.42. The molecule has 3 rings (SSSR count). The first kappa shape index (κ1) is 17.5. The summed E-state index contributed by atoms with van der Waals surface area (Å²) in [4.78, 5) is 14.5. The lowest BCUT2D eigenvalue weighted by molar-refractivity contribution is -0.123. The van der Waals surface area contributed by atoms with Gasteiger partial charge < -0.3 is 19.4 Å². The number of aromatic nitrogens is 1. The van der Waals surface area contributed by atoms with E-state index in [9.17, 15) is 4.79 Å². The molecule has 1 aromatic heterocycles. The van der Waals surface area contributed by atoms with Crippen molar-refractivity contribution in [1.29, 1.82) is 0 Å². The molecule has 1 amide bonds. The second-order valence-electron chi connectivity index (χ2n) is 6.11. The highest BCUT2D eigenvalue weighted by Crippen LogP contribution is 2.21. The highest BCUT2D eigenvalue weighted by Gasteiger charge is 2.24. The van der Waals surface area contributed by atoms with E-state index in [0.717, 1.165) is 26.3 Å². The fraction of sp³-hybridized carbons (Fsp3) is 0.421. The molecule has 2 heterocycles. The molecule has 1 N–H and O–H groups in total. The van der Waals surface area contributed by atoms with Crippen molar-refractivity contribution in [1.82, 2.24) is 14.8 Å². The Hall–Kier alpha value is -2.31. The molecule has 0 spiro atoms. The molecule has 134 valence electrons. The maximum absolute atomic E-state index is 12.2. The van der Waals surface area contributed by atoms with Crippen LogP contribution in [0.25, 0.3) is 0 Å². The average molecular weight is 343 g/mol. The Balaban J connectivity index is 1.56. The van der Waals surface area contributed by atoms with E-state index in [0.29, 0.717) is 12.3 Å². The molecule has 1 fully saturated rings. The van der Waals surface area contributed by atoms with E-state index in [1.165, 1.54) is 5.69 Å². The zero-order valence-electron chi connectivity index (χ0n) is 14.6. The van der Waals surface area contributed by atoms with Gasteiger partial charge in [-0.1, -0.05) is 18.2 Å². The van der Waals surface area contributed by atoms with Crippen LogP contribution in [0.15, 0.2) is 48.7 Å². The van der Waals surface area contributed by atoms with Gasteiger partial charge in [0.1, 0.15) is 5.75 Å². The van der Waals surface area contributed by atoms with Gasteiger partial charge in [-0.15, -0.1) is 0 Å². The molecule has 1 unspecified atom stereocenters. The molecule has 6 nitrogen and oxygen atoms in total. The fourth-order valence-electron chi connectivity index (χ4n) is 3.06. The van der Waals surface area contributed by atoms with Crippen LogP contribution < -0.4 is 10.1 Å². The lowest BCUT2D eigenvalue weighted by atomic mass is 10.1. The number of ether oxygens (including phenoxy) is 2. The summed E-state index contributed by atoms with van der Waals surface area (Å²) in [5, 5.41) is 3.01. The first-order valence-electron chi connectivity index (χ1n) is 8.61. The number of rotatable bonds is 7. The number of hydrogen-bond acceptors (Lipinski definition) is 4. The summed E-state index contributed by atoms with van der Waals surface area (Å²) < 4.78 is 13.1. The maximum atomic E-state index is 12.2. The van der Waals surface area contributed by atoms with Crippen molar-refractivity contribution in [2.24, 2.45) is 7.05 Å². The van der Waals surface area contributed by atoms with Gasteiger partial charge in [0.2, 0.25) is 0 Å². The summed E-state index contributed by atoms with van der Waals surface area (Å²) in [6.45, 7) is 3.76. The number of para-hydroxylation sites is 1. The lowest BCUT2D eigenvalue weighted by Crippen LogP contribution is -2.45. The minimum absolute atomic E-state index is 0.0208. The summed E-state index contributed by atoms with van der Waals surface area (Å²) in [5.41, 5.74) is 1.19. The maximum Gasteiger partial charge on any atom is 0.258 e. The van der Waals surface area contributed by atoms with E-state index < -0.39 is 0 Å². The van der Waals surface area contributed by atoms with Crippen molar-refractivity contribution in [3.05, 3.63) is 54.4 Å². The monoisotopic (exact) mass is 343 g/mol. The van der Waals surface area contributed by atoms with Crippen molar-refractivity contribution < 1.29 is 14.3 Å². The second kappa shape index (κ2) is 8.69. The van der Waals surface area contributed by atoms with E-state index in [1.54, 1.807) is 0 Å². The number of nitrogens with zero attached hydrogens (tertiary/aromatic N) is 2. The second-order valence-corrected chi connectivity index (χ2v) is 6.11. The summed E-state index contributed by atoms with van der Waals surface area (Å²) >= 11 is 0. The van der Waals surface area contributed by atoms with Gasteiger partial charge in [0.15, 0.2) is 6.61 Å². The highest BCUT2D eigenvalue weighted by atomic mass is 16.5. The number of morpholine rings is 1. The van der Waals surface area contributed by atoms with Gasteiger partial charge in [-0.25, -0.2) is 0 Å². The third-order valence-electron chi connectivity index (χ3n) is 4.42. The molecule has 1 aliphatic rings. The molecule has 1 aliphatic heterocycles. The smallest absolute Gasteiger partial charge is 0.258 e. The Bertz CT molecular complexity index is 666. The van der Waals surface area contributed by atoms with Gasteiger partial charge in [-0.05, 0) is 24.3 Å². The van der Waals surface area contributed by atoms with Crippen LogP contribution in [0.4, 0.5) is 0 Å². The Morgan fingerprint density at radius 1 is 1.20 bits per heavy atom. The summed E-state index contributed by atoms with van der Waals surface area (Å²) in [6, 6.07) is 13.6. The molecule has 0 aliphatic carbocycles. The molecule has 6 heteroatoms. The number of amides is 1. The van der Waals surface area contributed by atoms with Crippen molar-refractivity contribution in [2.45, 2.75) is 6.04 Å². The van der Waals surface area contributed by atoms with Crippen molar-refractivity contribution in [2.75, 3.05) is 39.5 Å². The molecule has 1 saturated heterocycles. The number of carbonyl (C=O) groups excluding carboxylic acids is 1. The van der Waals surface area contributed by atoms with Gasteiger partial charge in [-0.3, -0.25) is 9.69 Å². The Kier molecular flexibility index (Phi) is 6.09. The van der Waals surface area contributed by atoms with Gasteiger partial charge >= 0.3 is 0 Å². The number of hydrogen-bond donors (Lipinski definition) is 1. The van der Waals surface area contributed by atoms with Gasteiger partial charge in [0.25, 0.3) is 5.91 Å². The van der Waals surface area contributed by atoms with Crippen LogP contribution >= 0.6 is 0 Å². The predicted molar refractivity (Wildman–Crippen MR) is 95.5 cm³/mol. The standard InChI is InChI=1S/C19H25N3O3/c1-21-9-5-8-17(21)18(22-10-12-24-13-11-22)14-20-19(23)15-25-16-6-3-2-4-7-16/h2-9,18H,10-15H2,1H3,(H,20,23). The van der Waals surface area contributed by atoms with Crippen molar-refractivity contribution >= 4 is 5.91 Å². The Morgan fingerprint density at radius 3 is 2.64 bits per heavy atom. The van der Waals surface area contributed by atoms with Crippen LogP contribution in [0.3, 0.4) is 0 Å². The summed E-state index contributed by atoms with van der Waals surface area (Å²) in [7, 11) is 2.03. The van der Waals surface area contributed by atoms with Crippen LogP contribution in [-0.4, -0.2) is 54.8 Å². The van der Waals surface area contributed by atoms with Gasteiger partial charge in [0.05, 0.1) is 19.3 Å². The van der Waals surface area contributed by atoms with Crippen LogP contribution in [0.5, 0.6) is 5.75 Å². The molecule has 25 heavy (non-hydrogen) atoms. The number of nitrogens with one attached hydrogen (secondary N) is 1. The molecule has 0 saturated carbocycles. The zero-order chi connectivity index (χ0) is 17.5. The normalized spacial score (nSPS) is 16.4. The minimum atomic E-state index is -0.115. The largest absolute Gasteiger partial charge is 0.484 e. The van der Waals surface area contributed by atoms with E-state index in [1.807, 2.05) is 49.6 Å². The number of aryl methyl sites for hydroxylation is 1. The first-order chi connectivity index (χ1) is 12.2. The van der Waals surface area contributed by atoms with E-state index in [4.69, 9.17) is 9.47 Å². The van der Waals surface area contributed by atoms with Crippen LogP contribution in [0, 0.1) is 0 Å². The Morgan fingerprint density at radius 2 is 1.96 bits per heavy atom. The van der Waals surface area contributed by atoms with E-state index in [2.05, 4.69) is 20.9 Å². The zero-order valence-corrected chi connectivity index (χ0v) is 14.6. The van der Waals surface area contributed by atoms with Gasteiger partial charge in [-0.2, -0.15) is 0 Å². The molecule has 1 atom stereocenters. The summed E-state index contributed by atoms with van der Waals surface area (Å²) in [6.07, 6.45) is 2.03. The number of carbonyl (C=O) groups is 1. The van der Waals surface area contributed by atoms with Crippen molar-refractivity contribution in [3.8, 4) is 5.75 Å². The quantitative estimate of drug-likeness (QED) is 0.830. The van der Waals surface area contributed by atoms with E-state index in [-0.39, 0.29) is 18.6 Å². The third kappa shape index (κ3) is 4.84. The predicted octanol–water partition coefficient (Wildman–Crippen LogP) is 1.59. The fourth-order valence-corrected chi connectivity index (χ4v) is 3.06. The van der Waals surface area contributed by atoms with Crippen molar-refractivity contribution in [3.63, 3.8) is 0 Å². The first-order valence-corrected chi connectivity index (χ1v) is 8.61. The van der Waals surface area contributed by atoms with Crippen LogP contribution in [0.2, 0.25) is 0 Å². The average Bonchev–Trinajstić information content (AvgIpc) is 3.08. The van der Waals surface area contributed by atoms with Gasteiger partial charge in [0, 0.05) is 38.6 Å². The lowest BCUT2D eigenvalue weighted by Gasteiger charge is -2.34.